The number of aryl methyl sites for hydroxylation is 1. The maximum atomic E-state index is 11.4. The third kappa shape index (κ3) is 3.39. The molecule has 1 amide bonds. The quantitative estimate of drug-likeness (QED) is 0.731. The van der Waals surface area contributed by atoms with E-state index in [0.29, 0.717) is 24.0 Å². The van der Waals surface area contributed by atoms with Gasteiger partial charge in [0, 0.05) is 20.3 Å². The van der Waals surface area contributed by atoms with Crippen LogP contribution in [0, 0.1) is 6.92 Å². The van der Waals surface area contributed by atoms with Gasteiger partial charge in [0.05, 0.1) is 0 Å². The van der Waals surface area contributed by atoms with Crippen molar-refractivity contribution in [3.8, 4) is 0 Å². The van der Waals surface area contributed by atoms with Gasteiger partial charge in [0.15, 0.2) is 0 Å². The number of nitrogens with one attached hydrogen (secondary N) is 1. The summed E-state index contributed by atoms with van der Waals surface area (Å²) in [5.41, 5.74) is 0. The minimum absolute atomic E-state index is 0.160. The van der Waals surface area contributed by atoms with E-state index in [9.17, 15) is 4.79 Å². The average Bonchev–Trinajstić information content (AvgIpc) is 2.59. The van der Waals surface area contributed by atoms with Crippen LogP contribution in [0.2, 0.25) is 0 Å². The molecule has 1 rings (SSSR count). The summed E-state index contributed by atoms with van der Waals surface area (Å²) in [7, 11) is 1.63. The van der Waals surface area contributed by atoms with Gasteiger partial charge >= 0.3 is 0 Å². The Labute approximate surface area is 86.7 Å². The van der Waals surface area contributed by atoms with Crippen LogP contribution in [0.1, 0.15) is 22.0 Å². The first-order valence-electron chi connectivity index (χ1n) is 4.31. The molecule has 1 aromatic heterocycles. The lowest BCUT2D eigenvalue weighted by Gasteiger charge is -2.00. The Hall–Kier alpha value is -1.01. The van der Waals surface area contributed by atoms with E-state index in [1.54, 1.807) is 14.0 Å². The van der Waals surface area contributed by atoms with Crippen molar-refractivity contribution in [2.45, 2.75) is 13.3 Å². The molecule has 1 N–H and O–H groups in total. The summed E-state index contributed by atoms with van der Waals surface area (Å²) in [4.78, 5) is 15.4. The molecule has 14 heavy (non-hydrogen) atoms. The lowest BCUT2D eigenvalue weighted by molar-refractivity contribution is 0.0948. The van der Waals surface area contributed by atoms with E-state index in [4.69, 9.17) is 4.74 Å². The fourth-order valence-electron chi connectivity index (χ4n) is 0.883. The Bertz CT molecular complexity index is 301. The predicted octanol–water partition coefficient (Wildman–Crippen LogP) is 0.613. The Kier molecular flexibility index (Phi) is 4.48. The van der Waals surface area contributed by atoms with Gasteiger partial charge in [-0.3, -0.25) is 4.79 Å². The van der Waals surface area contributed by atoms with Crippen molar-refractivity contribution in [2.24, 2.45) is 0 Å². The summed E-state index contributed by atoms with van der Waals surface area (Å²) >= 11 is 1.12. The van der Waals surface area contributed by atoms with Crippen LogP contribution < -0.4 is 5.32 Å². The van der Waals surface area contributed by atoms with E-state index in [1.807, 2.05) is 0 Å². The molecule has 1 aromatic rings. The van der Waals surface area contributed by atoms with Crippen molar-refractivity contribution in [3.05, 3.63) is 10.8 Å². The van der Waals surface area contributed by atoms with Crippen molar-refractivity contribution < 1.29 is 9.53 Å². The fraction of sp³-hybridized carbons (Fsp3) is 0.625. The zero-order chi connectivity index (χ0) is 10.4. The van der Waals surface area contributed by atoms with Crippen molar-refractivity contribution in [1.29, 1.82) is 0 Å². The maximum Gasteiger partial charge on any atom is 0.281 e. The van der Waals surface area contributed by atoms with Crippen LogP contribution in [0.5, 0.6) is 0 Å². The molecule has 1 heterocycles. The second-order valence-electron chi connectivity index (χ2n) is 2.75. The Morgan fingerprint density at radius 3 is 3.00 bits per heavy atom. The van der Waals surface area contributed by atoms with Gasteiger partial charge in [-0.05, 0) is 24.9 Å². The molecule has 0 saturated heterocycles. The van der Waals surface area contributed by atoms with Crippen molar-refractivity contribution in [3.63, 3.8) is 0 Å². The first-order chi connectivity index (χ1) is 6.74. The highest BCUT2D eigenvalue weighted by Gasteiger charge is 2.09. The van der Waals surface area contributed by atoms with Crippen molar-refractivity contribution >= 4 is 17.4 Å². The van der Waals surface area contributed by atoms with Crippen LogP contribution >= 0.6 is 11.5 Å². The van der Waals surface area contributed by atoms with Gasteiger partial charge in [0.2, 0.25) is 5.01 Å². The molecule has 0 aliphatic carbocycles. The minimum atomic E-state index is -0.160. The summed E-state index contributed by atoms with van der Waals surface area (Å²) in [6.07, 6.45) is 0.806. The second-order valence-corrected chi connectivity index (χ2v) is 3.50. The maximum absolute atomic E-state index is 11.4. The minimum Gasteiger partial charge on any atom is -0.385 e. The highest BCUT2D eigenvalue weighted by atomic mass is 32.1. The Balaban J connectivity index is 2.29. The van der Waals surface area contributed by atoms with Crippen LogP contribution in [0.15, 0.2) is 0 Å². The van der Waals surface area contributed by atoms with E-state index in [0.717, 1.165) is 18.0 Å². The number of methoxy groups -OCH3 is 1. The summed E-state index contributed by atoms with van der Waals surface area (Å²) in [5, 5.41) is 3.15. The molecule has 0 saturated carbocycles. The van der Waals surface area contributed by atoms with Gasteiger partial charge in [-0.25, -0.2) is 4.98 Å². The molecular weight excluding hydrogens is 202 g/mol. The topological polar surface area (TPSA) is 64.1 Å². The second kappa shape index (κ2) is 5.66. The number of carbonyl (C=O) groups excluding carboxylic acids is 1. The monoisotopic (exact) mass is 215 g/mol. The normalized spacial score (nSPS) is 10.1. The number of hydrogen-bond donors (Lipinski definition) is 1. The number of ether oxygens (including phenoxy) is 1. The standard InChI is InChI=1S/C8H13N3O2S/c1-6-10-8(14-11-6)7(12)9-4-3-5-13-2/h3-5H2,1-2H3,(H,9,12). The molecule has 0 unspecified atom stereocenters. The summed E-state index contributed by atoms with van der Waals surface area (Å²) < 4.78 is 8.78. The van der Waals surface area contributed by atoms with E-state index >= 15 is 0 Å². The first-order valence-corrected chi connectivity index (χ1v) is 5.09. The third-order valence-electron chi connectivity index (χ3n) is 1.53. The van der Waals surface area contributed by atoms with E-state index in [1.165, 1.54) is 0 Å². The van der Waals surface area contributed by atoms with Gasteiger partial charge in [0.1, 0.15) is 5.82 Å². The summed E-state index contributed by atoms with van der Waals surface area (Å²) in [6, 6.07) is 0. The zero-order valence-corrected chi connectivity index (χ0v) is 9.06. The third-order valence-corrected chi connectivity index (χ3v) is 2.34. The number of amides is 1. The van der Waals surface area contributed by atoms with Gasteiger partial charge in [0.25, 0.3) is 5.91 Å². The molecule has 0 spiro atoms. The van der Waals surface area contributed by atoms with Crippen molar-refractivity contribution in [2.75, 3.05) is 20.3 Å². The highest BCUT2D eigenvalue weighted by molar-refractivity contribution is 7.07. The van der Waals surface area contributed by atoms with Crippen molar-refractivity contribution in [1.82, 2.24) is 14.7 Å². The van der Waals surface area contributed by atoms with E-state index < -0.39 is 0 Å². The van der Waals surface area contributed by atoms with Crippen LogP contribution in [0.25, 0.3) is 0 Å². The molecule has 0 aromatic carbocycles. The molecule has 0 radical (unpaired) electrons. The number of nitrogens with zero attached hydrogens (tertiary/aromatic N) is 2. The molecule has 0 atom stereocenters. The molecule has 0 fully saturated rings. The predicted molar refractivity (Wildman–Crippen MR) is 53.5 cm³/mol. The fourth-order valence-corrected chi connectivity index (χ4v) is 1.47. The molecule has 5 nitrogen and oxygen atoms in total. The summed E-state index contributed by atoms with van der Waals surface area (Å²) in [5.74, 6) is 0.476. The largest absolute Gasteiger partial charge is 0.385 e. The molecule has 0 bridgehead atoms. The van der Waals surface area contributed by atoms with Crippen LogP contribution in [-0.4, -0.2) is 35.5 Å². The van der Waals surface area contributed by atoms with Gasteiger partial charge < -0.3 is 10.1 Å². The summed E-state index contributed by atoms with van der Waals surface area (Å²) in [6.45, 7) is 3.01. The van der Waals surface area contributed by atoms with Crippen LogP contribution in [0.3, 0.4) is 0 Å². The first kappa shape index (κ1) is 11.1. The molecular formula is C8H13N3O2S. The van der Waals surface area contributed by atoms with E-state index in [-0.39, 0.29) is 5.91 Å². The smallest absolute Gasteiger partial charge is 0.281 e. The molecule has 0 aliphatic heterocycles. The van der Waals surface area contributed by atoms with Gasteiger partial charge in [-0.1, -0.05) is 0 Å². The zero-order valence-electron chi connectivity index (χ0n) is 8.24. The number of hydrogen-bond acceptors (Lipinski definition) is 5. The SMILES string of the molecule is COCCCNC(=O)c1nc(C)ns1. The molecule has 0 aliphatic rings. The van der Waals surface area contributed by atoms with Crippen LogP contribution in [-0.2, 0) is 4.74 Å². The van der Waals surface area contributed by atoms with Gasteiger partial charge in [-0.2, -0.15) is 4.37 Å². The Morgan fingerprint density at radius 2 is 2.43 bits per heavy atom. The average molecular weight is 215 g/mol. The van der Waals surface area contributed by atoms with E-state index in [2.05, 4.69) is 14.7 Å². The number of rotatable bonds is 5. The lowest BCUT2D eigenvalue weighted by atomic mass is 10.4. The van der Waals surface area contributed by atoms with Crippen LogP contribution in [0.4, 0.5) is 0 Å². The number of aromatic nitrogens is 2. The highest BCUT2D eigenvalue weighted by Crippen LogP contribution is 2.02. The van der Waals surface area contributed by atoms with Gasteiger partial charge in [-0.15, -0.1) is 0 Å². The molecule has 6 heteroatoms. The number of carbonyl (C=O) groups is 1. The lowest BCUT2D eigenvalue weighted by Crippen LogP contribution is -2.25. The Morgan fingerprint density at radius 1 is 1.64 bits per heavy atom. The molecule has 78 valence electrons.